The lowest BCUT2D eigenvalue weighted by atomic mass is 10.0. The van der Waals surface area contributed by atoms with E-state index in [-0.39, 0.29) is 6.03 Å². The van der Waals surface area contributed by atoms with Gasteiger partial charge in [-0.1, -0.05) is 29.3 Å². The fourth-order valence-corrected chi connectivity index (χ4v) is 2.64. The zero-order valence-corrected chi connectivity index (χ0v) is 12.2. The van der Waals surface area contributed by atoms with E-state index in [4.69, 9.17) is 23.2 Å². The third-order valence-corrected chi connectivity index (χ3v) is 3.66. The zero-order chi connectivity index (χ0) is 14.3. The summed E-state index contributed by atoms with van der Waals surface area (Å²) >= 11 is 12.0. The number of hydrogen-bond acceptors (Lipinski definition) is 2. The maximum absolute atomic E-state index is 12.3. The van der Waals surface area contributed by atoms with Gasteiger partial charge in [0.15, 0.2) is 0 Å². The molecule has 0 saturated heterocycles. The van der Waals surface area contributed by atoms with Crippen molar-refractivity contribution in [2.75, 3.05) is 16.8 Å². The summed E-state index contributed by atoms with van der Waals surface area (Å²) in [5.74, 6) is 0. The number of benzene rings is 1. The van der Waals surface area contributed by atoms with Gasteiger partial charge in [-0.2, -0.15) is 0 Å². The molecule has 0 atom stereocenters. The van der Waals surface area contributed by atoms with E-state index >= 15 is 0 Å². The molecule has 102 valence electrons. The van der Waals surface area contributed by atoms with Gasteiger partial charge in [-0.15, -0.1) is 0 Å². The molecule has 2 amide bonds. The standard InChI is InChI=1S/C14H11Cl2N3O/c1-2-19-12-7-17-13(16)6-10(12)9-4-3-8(15)5-11(9)18-14(19)20/h3-7H,2H2,1H3,(H,18,20). The summed E-state index contributed by atoms with van der Waals surface area (Å²) in [6.07, 6.45) is 1.62. The van der Waals surface area contributed by atoms with Gasteiger partial charge in [-0.25, -0.2) is 9.78 Å². The Kier molecular flexibility index (Phi) is 3.28. The Bertz CT molecular complexity index is 703. The molecule has 6 heteroatoms. The van der Waals surface area contributed by atoms with Crippen LogP contribution in [0.3, 0.4) is 0 Å². The van der Waals surface area contributed by atoms with E-state index in [1.165, 1.54) is 0 Å². The first kappa shape index (κ1) is 13.2. The van der Waals surface area contributed by atoms with Crippen molar-refractivity contribution in [2.45, 2.75) is 6.92 Å². The highest BCUT2D eigenvalue weighted by atomic mass is 35.5. The van der Waals surface area contributed by atoms with Gasteiger partial charge < -0.3 is 5.32 Å². The second kappa shape index (κ2) is 4.96. The molecule has 1 aliphatic heterocycles. The van der Waals surface area contributed by atoms with Crippen molar-refractivity contribution in [1.29, 1.82) is 0 Å². The Morgan fingerprint density at radius 2 is 2.05 bits per heavy atom. The monoisotopic (exact) mass is 307 g/mol. The van der Waals surface area contributed by atoms with E-state index in [2.05, 4.69) is 10.3 Å². The van der Waals surface area contributed by atoms with Gasteiger partial charge in [-0.05, 0) is 25.1 Å². The molecule has 0 spiro atoms. The lowest BCUT2D eigenvalue weighted by Crippen LogP contribution is -2.34. The highest BCUT2D eigenvalue weighted by Gasteiger charge is 2.25. The van der Waals surface area contributed by atoms with Gasteiger partial charge in [0.2, 0.25) is 0 Å². The Labute approximate surface area is 126 Å². The molecule has 2 heterocycles. The normalized spacial score (nSPS) is 13.3. The topological polar surface area (TPSA) is 45.2 Å². The second-order valence-corrected chi connectivity index (χ2v) is 5.21. The number of carbonyl (C=O) groups is 1. The SMILES string of the molecule is CCN1C(=O)Nc2cc(Cl)ccc2-c2cc(Cl)ncc21. The molecule has 3 rings (SSSR count). The Hall–Kier alpha value is -1.78. The number of urea groups is 1. The molecule has 1 aromatic carbocycles. The number of carbonyl (C=O) groups excluding carboxylic acids is 1. The first-order valence-electron chi connectivity index (χ1n) is 6.14. The maximum atomic E-state index is 12.3. The molecule has 0 saturated carbocycles. The van der Waals surface area contributed by atoms with E-state index in [1.807, 2.05) is 13.0 Å². The van der Waals surface area contributed by atoms with Gasteiger partial charge >= 0.3 is 6.03 Å². The van der Waals surface area contributed by atoms with Crippen LogP contribution in [0, 0.1) is 0 Å². The third kappa shape index (κ3) is 2.11. The van der Waals surface area contributed by atoms with Gasteiger partial charge in [0.1, 0.15) is 5.15 Å². The molecule has 1 N–H and O–H groups in total. The number of nitrogens with zero attached hydrogens (tertiary/aromatic N) is 2. The highest BCUT2D eigenvalue weighted by Crippen LogP contribution is 2.40. The van der Waals surface area contributed by atoms with Gasteiger partial charge in [0, 0.05) is 22.7 Å². The highest BCUT2D eigenvalue weighted by molar-refractivity contribution is 6.31. The van der Waals surface area contributed by atoms with Crippen molar-refractivity contribution in [3.63, 3.8) is 0 Å². The minimum Gasteiger partial charge on any atom is -0.307 e. The zero-order valence-electron chi connectivity index (χ0n) is 10.7. The van der Waals surface area contributed by atoms with Gasteiger partial charge in [0.05, 0.1) is 17.6 Å². The molecule has 0 unspecified atom stereocenters. The third-order valence-electron chi connectivity index (χ3n) is 3.22. The molecule has 1 aliphatic rings. The summed E-state index contributed by atoms with van der Waals surface area (Å²) in [6, 6.07) is 6.93. The molecule has 0 aliphatic carbocycles. The van der Waals surface area contributed by atoms with E-state index in [0.29, 0.717) is 22.4 Å². The fourth-order valence-electron chi connectivity index (χ4n) is 2.31. The van der Waals surface area contributed by atoms with Crippen LogP contribution in [0.1, 0.15) is 6.92 Å². The van der Waals surface area contributed by atoms with Crippen LogP contribution in [0.4, 0.5) is 16.2 Å². The number of fused-ring (bicyclic) bond motifs is 3. The quantitative estimate of drug-likeness (QED) is 0.792. The van der Waals surface area contributed by atoms with Crippen molar-refractivity contribution in [1.82, 2.24) is 4.98 Å². The molecule has 2 aromatic rings. The van der Waals surface area contributed by atoms with Crippen LogP contribution < -0.4 is 10.2 Å². The number of amides is 2. The number of nitrogens with one attached hydrogen (secondary N) is 1. The van der Waals surface area contributed by atoms with Gasteiger partial charge in [-0.3, -0.25) is 4.90 Å². The van der Waals surface area contributed by atoms with Crippen LogP contribution in [0.25, 0.3) is 11.1 Å². The van der Waals surface area contributed by atoms with Crippen molar-refractivity contribution in [2.24, 2.45) is 0 Å². The van der Waals surface area contributed by atoms with Crippen LogP contribution in [0.2, 0.25) is 10.2 Å². The summed E-state index contributed by atoms with van der Waals surface area (Å²) in [5.41, 5.74) is 3.13. The van der Waals surface area contributed by atoms with Crippen LogP contribution in [-0.4, -0.2) is 17.6 Å². The lowest BCUT2D eigenvalue weighted by molar-refractivity contribution is 0.257. The molecule has 20 heavy (non-hydrogen) atoms. The van der Waals surface area contributed by atoms with Crippen molar-refractivity contribution < 1.29 is 4.79 Å². The summed E-state index contributed by atoms with van der Waals surface area (Å²) in [5, 5.41) is 3.81. The average molecular weight is 308 g/mol. The Morgan fingerprint density at radius 1 is 1.25 bits per heavy atom. The number of rotatable bonds is 1. The van der Waals surface area contributed by atoms with E-state index in [9.17, 15) is 4.79 Å². The van der Waals surface area contributed by atoms with Crippen molar-refractivity contribution in [3.8, 4) is 11.1 Å². The number of hydrogen-bond donors (Lipinski definition) is 1. The molecule has 4 nitrogen and oxygen atoms in total. The summed E-state index contributed by atoms with van der Waals surface area (Å²) in [4.78, 5) is 18.0. The van der Waals surface area contributed by atoms with Crippen LogP contribution in [0.5, 0.6) is 0 Å². The summed E-state index contributed by atoms with van der Waals surface area (Å²) in [6.45, 7) is 2.44. The molecular formula is C14H11Cl2N3O. The second-order valence-electron chi connectivity index (χ2n) is 4.39. The van der Waals surface area contributed by atoms with Crippen molar-refractivity contribution >= 4 is 40.6 Å². The largest absolute Gasteiger partial charge is 0.326 e. The first-order valence-corrected chi connectivity index (χ1v) is 6.89. The van der Waals surface area contributed by atoms with Crippen LogP contribution in [-0.2, 0) is 0 Å². The van der Waals surface area contributed by atoms with Crippen LogP contribution in [0.15, 0.2) is 30.5 Å². The van der Waals surface area contributed by atoms with E-state index in [1.54, 1.807) is 29.3 Å². The Balaban J connectivity index is 2.31. The number of halogens is 2. The average Bonchev–Trinajstić information content (AvgIpc) is 2.51. The van der Waals surface area contributed by atoms with Crippen LogP contribution >= 0.6 is 23.2 Å². The molecule has 1 aromatic heterocycles. The molecular weight excluding hydrogens is 297 g/mol. The minimum absolute atomic E-state index is 0.209. The fraction of sp³-hybridized carbons (Fsp3) is 0.143. The summed E-state index contributed by atoms with van der Waals surface area (Å²) in [7, 11) is 0. The molecule has 0 bridgehead atoms. The lowest BCUT2D eigenvalue weighted by Gasteiger charge is -2.20. The number of anilines is 2. The number of pyridine rings is 1. The van der Waals surface area contributed by atoms with Crippen molar-refractivity contribution in [3.05, 3.63) is 40.6 Å². The number of aromatic nitrogens is 1. The predicted octanol–water partition coefficient (Wildman–Crippen LogP) is 4.43. The predicted molar refractivity (Wildman–Crippen MR) is 81.7 cm³/mol. The van der Waals surface area contributed by atoms with E-state index < -0.39 is 0 Å². The minimum atomic E-state index is -0.209. The van der Waals surface area contributed by atoms with Gasteiger partial charge in [0.25, 0.3) is 0 Å². The molecule has 0 fully saturated rings. The van der Waals surface area contributed by atoms with E-state index in [0.717, 1.165) is 16.8 Å². The maximum Gasteiger partial charge on any atom is 0.326 e. The first-order chi connectivity index (χ1) is 9.60. The Morgan fingerprint density at radius 3 is 2.80 bits per heavy atom. The summed E-state index contributed by atoms with van der Waals surface area (Å²) < 4.78 is 0. The molecule has 0 radical (unpaired) electrons. The smallest absolute Gasteiger partial charge is 0.307 e.